The van der Waals surface area contributed by atoms with Gasteiger partial charge in [-0.05, 0) is 19.4 Å². The molecule has 0 aliphatic carbocycles. The maximum atomic E-state index is 10.8. The normalized spacial score (nSPS) is 9.54. The maximum Gasteiger partial charge on any atom is 0.302 e. The van der Waals surface area contributed by atoms with Gasteiger partial charge < -0.3 is 25.1 Å². The second-order valence-corrected chi connectivity index (χ2v) is 5.17. The number of esters is 2. The molecule has 0 radical (unpaired) electrons. The van der Waals surface area contributed by atoms with Crippen LogP contribution in [0.2, 0.25) is 0 Å². The van der Waals surface area contributed by atoms with Crippen molar-refractivity contribution in [1.82, 2.24) is 0 Å². The quantitative estimate of drug-likeness (QED) is 0.719. The van der Waals surface area contributed by atoms with Crippen molar-refractivity contribution in [2.24, 2.45) is 0 Å². The summed E-state index contributed by atoms with van der Waals surface area (Å²) in [6.07, 6.45) is 1.28. The molecule has 0 heterocycles. The fraction of sp³-hybridized carbons (Fsp3) is 0.471. The molecule has 0 saturated carbocycles. The molecule has 24 heavy (non-hydrogen) atoms. The molecule has 1 aromatic rings. The largest absolute Gasteiger partial charge is 0.550 e. The Morgan fingerprint density at radius 3 is 1.92 bits per heavy atom. The lowest BCUT2D eigenvalue weighted by molar-refractivity contribution is -0.302. The standard InChI is InChI=1S/C15H21NO4.C2H4O2/c1-10-4-5-13(6-8-19-11(2)17)15(16)14(10)7-9-20-12(3)18;1-2(3)4/h4-5H,6-9,16H2,1-3H3;1H3,(H,3,4). The zero-order chi connectivity index (χ0) is 18.7. The molecule has 0 saturated heterocycles. The van der Waals surface area contributed by atoms with Crippen molar-refractivity contribution in [2.45, 2.75) is 40.5 Å². The van der Waals surface area contributed by atoms with Crippen LogP contribution in [0.4, 0.5) is 5.69 Å². The lowest BCUT2D eigenvalue weighted by atomic mass is 9.98. The van der Waals surface area contributed by atoms with Gasteiger partial charge in [-0.25, -0.2) is 0 Å². The number of hydrogen-bond acceptors (Lipinski definition) is 6. The van der Waals surface area contributed by atoms with Crippen LogP contribution >= 0.6 is 0 Å². The van der Waals surface area contributed by atoms with E-state index in [9.17, 15) is 9.59 Å². The Hall–Kier alpha value is -2.41. The predicted octanol–water partition coefficient (Wildman–Crippen LogP) is -0.164. The van der Waals surface area contributed by atoms with Crippen LogP contribution in [0.25, 0.3) is 0 Å². The Kier molecular flexibility index (Phi) is 10.1. The fourth-order valence-corrected chi connectivity index (χ4v) is 2.04. The van der Waals surface area contributed by atoms with Crippen molar-refractivity contribution in [3.8, 4) is 0 Å². The number of hydrogen-bond donors (Lipinski definition) is 1. The number of benzene rings is 1. The van der Waals surface area contributed by atoms with Crippen molar-refractivity contribution >= 4 is 23.6 Å². The Labute approximate surface area is 141 Å². The number of carbonyl (C=O) groups excluding carboxylic acids is 3. The highest BCUT2D eigenvalue weighted by molar-refractivity contribution is 5.66. The van der Waals surface area contributed by atoms with Gasteiger partial charge in [0.25, 0.3) is 0 Å². The molecule has 134 valence electrons. The van der Waals surface area contributed by atoms with Crippen LogP contribution in [0.15, 0.2) is 12.1 Å². The highest BCUT2D eigenvalue weighted by atomic mass is 16.5. The molecule has 0 spiro atoms. The SMILES string of the molecule is CC(=O)OCCc1ccc(C)c(CCOC(C)=O)c1[NH3+].CC(=O)[O-]. The number of quaternary nitrogens is 1. The highest BCUT2D eigenvalue weighted by Gasteiger charge is 2.12. The predicted molar refractivity (Wildman–Crippen MR) is 85.1 cm³/mol. The van der Waals surface area contributed by atoms with Crippen LogP contribution in [-0.2, 0) is 36.7 Å². The van der Waals surface area contributed by atoms with E-state index in [0.29, 0.717) is 26.1 Å². The van der Waals surface area contributed by atoms with Crippen LogP contribution in [-0.4, -0.2) is 31.1 Å². The molecule has 0 bridgehead atoms. The van der Waals surface area contributed by atoms with Crippen molar-refractivity contribution in [1.29, 1.82) is 0 Å². The number of carboxylic acids is 1. The summed E-state index contributed by atoms with van der Waals surface area (Å²) in [5.74, 6) is -1.64. The molecule has 0 aliphatic heterocycles. The number of ether oxygens (including phenoxy) is 2. The first-order valence-corrected chi connectivity index (χ1v) is 7.52. The summed E-state index contributed by atoms with van der Waals surface area (Å²) in [6, 6.07) is 4.01. The Morgan fingerprint density at radius 2 is 1.46 bits per heavy atom. The van der Waals surface area contributed by atoms with Gasteiger partial charge in [-0.1, -0.05) is 12.1 Å². The van der Waals surface area contributed by atoms with Crippen LogP contribution < -0.4 is 10.8 Å². The molecule has 3 N–H and O–H groups in total. The summed E-state index contributed by atoms with van der Waals surface area (Å²) in [6.45, 7) is 6.47. The third-order valence-corrected chi connectivity index (χ3v) is 3.10. The van der Waals surface area contributed by atoms with E-state index in [1.54, 1.807) is 0 Å². The molecule has 0 aliphatic rings. The topological polar surface area (TPSA) is 120 Å². The molecule has 0 atom stereocenters. The number of carbonyl (C=O) groups is 3. The summed E-state index contributed by atoms with van der Waals surface area (Å²) >= 11 is 0. The van der Waals surface area contributed by atoms with Crippen molar-refractivity contribution in [3.63, 3.8) is 0 Å². The summed E-state index contributed by atoms with van der Waals surface area (Å²) in [5, 5.41) is 8.89. The van der Waals surface area contributed by atoms with Crippen LogP contribution in [0, 0.1) is 6.92 Å². The second kappa shape index (κ2) is 11.2. The van der Waals surface area contributed by atoms with Gasteiger partial charge in [0.2, 0.25) is 0 Å². The third-order valence-electron chi connectivity index (χ3n) is 3.10. The first-order valence-electron chi connectivity index (χ1n) is 7.52. The molecule has 0 unspecified atom stereocenters. The van der Waals surface area contributed by atoms with Crippen LogP contribution in [0.5, 0.6) is 0 Å². The monoisotopic (exact) mass is 339 g/mol. The first-order chi connectivity index (χ1) is 11.1. The van der Waals surface area contributed by atoms with E-state index in [1.165, 1.54) is 13.8 Å². The van der Waals surface area contributed by atoms with E-state index in [2.05, 4.69) is 5.73 Å². The minimum Gasteiger partial charge on any atom is -0.550 e. The van der Waals surface area contributed by atoms with Gasteiger partial charge >= 0.3 is 11.9 Å². The lowest BCUT2D eigenvalue weighted by Gasteiger charge is -2.11. The molecule has 0 aromatic heterocycles. The zero-order valence-corrected chi connectivity index (χ0v) is 14.6. The molecule has 7 heteroatoms. The minimum absolute atomic E-state index is 0.278. The number of carboxylic acid groups (broad SMARTS) is 1. The third kappa shape index (κ3) is 9.58. The molecule has 0 fully saturated rings. The summed E-state index contributed by atoms with van der Waals surface area (Å²) in [7, 11) is 0. The zero-order valence-electron chi connectivity index (χ0n) is 14.6. The van der Waals surface area contributed by atoms with E-state index in [4.69, 9.17) is 19.4 Å². The minimum atomic E-state index is -1.08. The van der Waals surface area contributed by atoms with Crippen molar-refractivity contribution in [2.75, 3.05) is 13.2 Å². The fourth-order valence-electron chi connectivity index (χ4n) is 2.04. The molecular weight excluding hydrogens is 314 g/mol. The average Bonchev–Trinajstić information content (AvgIpc) is 2.43. The maximum absolute atomic E-state index is 10.8. The number of aryl methyl sites for hydroxylation is 1. The van der Waals surface area contributed by atoms with E-state index in [0.717, 1.165) is 29.3 Å². The van der Waals surface area contributed by atoms with E-state index < -0.39 is 5.97 Å². The van der Waals surface area contributed by atoms with Crippen molar-refractivity contribution < 1.29 is 34.7 Å². The lowest BCUT2D eigenvalue weighted by Crippen LogP contribution is -2.43. The van der Waals surface area contributed by atoms with Gasteiger partial charge in [0.15, 0.2) is 0 Å². The smallest absolute Gasteiger partial charge is 0.302 e. The summed E-state index contributed by atoms with van der Waals surface area (Å²) in [5.41, 5.74) is 8.29. The highest BCUT2D eigenvalue weighted by Crippen LogP contribution is 2.21. The Balaban J connectivity index is 0.00000118. The van der Waals surface area contributed by atoms with Gasteiger partial charge in [-0.3, -0.25) is 9.59 Å². The second-order valence-electron chi connectivity index (χ2n) is 5.17. The average molecular weight is 339 g/mol. The molecule has 1 rings (SSSR count). The Morgan fingerprint density at radius 1 is 1.00 bits per heavy atom. The number of rotatable bonds is 6. The van der Waals surface area contributed by atoms with Gasteiger partial charge in [0.05, 0.1) is 13.2 Å². The van der Waals surface area contributed by atoms with Gasteiger partial charge in [-0.15, -0.1) is 0 Å². The van der Waals surface area contributed by atoms with Crippen molar-refractivity contribution in [3.05, 3.63) is 28.8 Å². The van der Waals surface area contributed by atoms with E-state index in [-0.39, 0.29) is 11.9 Å². The summed E-state index contributed by atoms with van der Waals surface area (Å²) in [4.78, 5) is 30.4. The Bertz CT molecular complexity index is 579. The number of aliphatic carboxylic acids is 1. The first kappa shape index (κ1) is 21.6. The molecule has 0 amide bonds. The van der Waals surface area contributed by atoms with E-state index in [1.807, 2.05) is 19.1 Å². The molecular formula is C17H25NO6. The van der Waals surface area contributed by atoms with Gasteiger partial charge in [0.1, 0.15) is 5.69 Å². The van der Waals surface area contributed by atoms with Gasteiger partial charge in [0, 0.05) is 43.8 Å². The summed E-state index contributed by atoms with van der Waals surface area (Å²) < 4.78 is 9.92. The van der Waals surface area contributed by atoms with Gasteiger partial charge in [-0.2, -0.15) is 0 Å². The van der Waals surface area contributed by atoms with Crippen LogP contribution in [0.1, 0.15) is 37.5 Å². The van der Waals surface area contributed by atoms with Crippen LogP contribution in [0.3, 0.4) is 0 Å². The van der Waals surface area contributed by atoms with E-state index >= 15 is 0 Å². The molecule has 7 nitrogen and oxygen atoms in total. The molecule has 1 aromatic carbocycles.